The summed E-state index contributed by atoms with van der Waals surface area (Å²) in [4.78, 5) is 13.7. The molecule has 0 bridgehead atoms. The van der Waals surface area contributed by atoms with Gasteiger partial charge in [-0.05, 0) is 50.4 Å². The molecule has 0 atom stereocenters. The SMILES string of the molecule is Nc1ncc(C2CCCC2)c2nc(NC3CCC(CO)CC3)ncc12. The van der Waals surface area contributed by atoms with Crippen LogP contribution in [-0.4, -0.2) is 32.7 Å². The minimum absolute atomic E-state index is 0.302. The van der Waals surface area contributed by atoms with Gasteiger partial charge >= 0.3 is 0 Å². The van der Waals surface area contributed by atoms with Crippen LogP contribution in [0.15, 0.2) is 12.4 Å². The molecular formula is C19H27N5O. The highest BCUT2D eigenvalue weighted by atomic mass is 16.3. The topological polar surface area (TPSA) is 97.0 Å². The molecule has 0 saturated heterocycles. The van der Waals surface area contributed by atoms with Crippen LogP contribution >= 0.6 is 0 Å². The fourth-order valence-corrected chi connectivity index (χ4v) is 4.34. The maximum atomic E-state index is 9.28. The minimum atomic E-state index is 0.302. The second-order valence-electron chi connectivity index (χ2n) is 7.58. The summed E-state index contributed by atoms with van der Waals surface area (Å²) in [5, 5.41) is 13.6. The van der Waals surface area contributed by atoms with E-state index in [9.17, 15) is 5.11 Å². The average Bonchev–Trinajstić information content (AvgIpc) is 3.17. The predicted molar refractivity (Wildman–Crippen MR) is 99.4 cm³/mol. The van der Waals surface area contributed by atoms with E-state index in [0.717, 1.165) is 36.6 Å². The normalized spacial score (nSPS) is 24.7. The van der Waals surface area contributed by atoms with Gasteiger partial charge in [0.15, 0.2) is 0 Å². The smallest absolute Gasteiger partial charge is 0.223 e. The Bertz CT molecular complexity index is 736. The zero-order chi connectivity index (χ0) is 17.2. The number of fused-ring (bicyclic) bond motifs is 1. The van der Waals surface area contributed by atoms with Crippen LogP contribution in [0.2, 0.25) is 0 Å². The lowest BCUT2D eigenvalue weighted by atomic mass is 9.87. The molecule has 4 rings (SSSR count). The quantitative estimate of drug-likeness (QED) is 0.790. The molecule has 2 aliphatic rings. The molecule has 6 heteroatoms. The van der Waals surface area contributed by atoms with Gasteiger partial charge in [0.1, 0.15) is 5.82 Å². The number of nitrogens with two attached hydrogens (primary N) is 1. The Labute approximate surface area is 148 Å². The maximum Gasteiger partial charge on any atom is 0.223 e. The molecule has 0 aliphatic heterocycles. The molecule has 2 fully saturated rings. The van der Waals surface area contributed by atoms with Gasteiger partial charge in [-0.15, -0.1) is 0 Å². The van der Waals surface area contributed by atoms with Gasteiger partial charge in [-0.25, -0.2) is 15.0 Å². The van der Waals surface area contributed by atoms with Crippen molar-refractivity contribution >= 4 is 22.7 Å². The number of aliphatic hydroxyl groups excluding tert-OH is 1. The van der Waals surface area contributed by atoms with Crippen molar-refractivity contribution in [3.8, 4) is 0 Å². The molecule has 2 aromatic rings. The van der Waals surface area contributed by atoms with Crippen molar-refractivity contribution in [1.82, 2.24) is 15.0 Å². The number of hydrogen-bond acceptors (Lipinski definition) is 6. The van der Waals surface area contributed by atoms with Crippen molar-refractivity contribution in [2.75, 3.05) is 17.7 Å². The Morgan fingerprint density at radius 3 is 2.52 bits per heavy atom. The molecule has 25 heavy (non-hydrogen) atoms. The molecule has 2 heterocycles. The van der Waals surface area contributed by atoms with E-state index in [0.29, 0.717) is 36.3 Å². The zero-order valence-corrected chi connectivity index (χ0v) is 14.6. The summed E-state index contributed by atoms with van der Waals surface area (Å²) in [5.74, 6) is 2.19. The summed E-state index contributed by atoms with van der Waals surface area (Å²) in [6, 6.07) is 0.384. The average molecular weight is 341 g/mol. The van der Waals surface area contributed by atoms with Crippen LogP contribution in [0.4, 0.5) is 11.8 Å². The summed E-state index contributed by atoms with van der Waals surface area (Å²) in [7, 11) is 0. The van der Waals surface area contributed by atoms with Gasteiger partial charge in [0.2, 0.25) is 5.95 Å². The van der Waals surface area contributed by atoms with Crippen LogP contribution in [0.5, 0.6) is 0 Å². The van der Waals surface area contributed by atoms with Gasteiger partial charge < -0.3 is 16.2 Å². The maximum absolute atomic E-state index is 9.28. The second kappa shape index (κ2) is 7.12. The van der Waals surface area contributed by atoms with Crippen molar-refractivity contribution in [2.24, 2.45) is 5.92 Å². The summed E-state index contributed by atoms with van der Waals surface area (Å²) in [6.45, 7) is 0.302. The van der Waals surface area contributed by atoms with Crippen molar-refractivity contribution in [2.45, 2.75) is 63.3 Å². The van der Waals surface area contributed by atoms with E-state index in [-0.39, 0.29) is 0 Å². The molecule has 0 unspecified atom stereocenters. The molecule has 0 amide bonds. The lowest BCUT2D eigenvalue weighted by molar-refractivity contribution is 0.185. The number of nitrogens with one attached hydrogen (secondary N) is 1. The third kappa shape index (κ3) is 3.40. The van der Waals surface area contributed by atoms with E-state index in [4.69, 9.17) is 10.7 Å². The number of hydrogen-bond donors (Lipinski definition) is 3. The number of aliphatic hydroxyl groups is 1. The molecule has 6 nitrogen and oxygen atoms in total. The zero-order valence-electron chi connectivity index (χ0n) is 14.6. The monoisotopic (exact) mass is 341 g/mol. The van der Waals surface area contributed by atoms with Gasteiger partial charge in [0.05, 0.1) is 10.9 Å². The van der Waals surface area contributed by atoms with Gasteiger partial charge in [0, 0.05) is 30.6 Å². The first-order chi connectivity index (χ1) is 12.2. The Morgan fingerprint density at radius 2 is 1.80 bits per heavy atom. The highest BCUT2D eigenvalue weighted by molar-refractivity contribution is 5.90. The van der Waals surface area contributed by atoms with Gasteiger partial charge in [-0.3, -0.25) is 0 Å². The van der Waals surface area contributed by atoms with Crippen LogP contribution in [0.1, 0.15) is 62.8 Å². The molecule has 4 N–H and O–H groups in total. The number of anilines is 2. The number of nitrogens with zero attached hydrogens (tertiary/aromatic N) is 3. The first-order valence-electron chi connectivity index (χ1n) is 9.53. The number of pyridine rings is 1. The molecule has 0 spiro atoms. The largest absolute Gasteiger partial charge is 0.396 e. The van der Waals surface area contributed by atoms with Crippen molar-refractivity contribution in [3.05, 3.63) is 18.0 Å². The Balaban J connectivity index is 1.59. The fourth-order valence-electron chi connectivity index (χ4n) is 4.34. The molecule has 134 valence electrons. The van der Waals surface area contributed by atoms with Crippen molar-refractivity contribution in [1.29, 1.82) is 0 Å². The first-order valence-corrected chi connectivity index (χ1v) is 9.53. The molecule has 0 aromatic carbocycles. The Hall–Kier alpha value is -1.95. The summed E-state index contributed by atoms with van der Waals surface area (Å²) in [6.07, 6.45) is 12.9. The van der Waals surface area contributed by atoms with Crippen molar-refractivity contribution < 1.29 is 5.11 Å². The van der Waals surface area contributed by atoms with E-state index >= 15 is 0 Å². The molecule has 2 saturated carbocycles. The van der Waals surface area contributed by atoms with E-state index in [1.165, 1.54) is 31.2 Å². The van der Waals surface area contributed by atoms with Crippen LogP contribution in [-0.2, 0) is 0 Å². The standard InChI is InChI=1S/C19H27N5O/c20-18-16-10-22-19(23-14-7-5-12(11-25)6-8-14)24-17(16)15(9-21-18)13-3-1-2-4-13/h9-10,12-14,25H,1-8,11H2,(H2,20,21)(H,22,23,24). The Kier molecular flexibility index (Phi) is 4.70. The fraction of sp³-hybridized carbons (Fsp3) is 0.632. The number of nitrogen functional groups attached to an aromatic ring is 1. The second-order valence-corrected chi connectivity index (χ2v) is 7.58. The molecule has 2 aliphatic carbocycles. The van der Waals surface area contributed by atoms with Gasteiger partial charge in [-0.2, -0.15) is 0 Å². The predicted octanol–water partition coefficient (Wildman–Crippen LogP) is 3.23. The number of aromatic nitrogens is 3. The summed E-state index contributed by atoms with van der Waals surface area (Å²) < 4.78 is 0. The Morgan fingerprint density at radius 1 is 1.04 bits per heavy atom. The minimum Gasteiger partial charge on any atom is -0.396 e. The highest BCUT2D eigenvalue weighted by Crippen LogP contribution is 2.37. The first kappa shape index (κ1) is 16.5. The van der Waals surface area contributed by atoms with E-state index < -0.39 is 0 Å². The van der Waals surface area contributed by atoms with Gasteiger partial charge in [-0.1, -0.05) is 12.8 Å². The molecular weight excluding hydrogens is 314 g/mol. The van der Waals surface area contributed by atoms with E-state index in [1.807, 2.05) is 12.4 Å². The van der Waals surface area contributed by atoms with E-state index in [2.05, 4.69) is 15.3 Å². The van der Waals surface area contributed by atoms with E-state index in [1.54, 1.807) is 0 Å². The van der Waals surface area contributed by atoms with Crippen LogP contribution in [0.3, 0.4) is 0 Å². The third-order valence-electron chi connectivity index (χ3n) is 5.91. The van der Waals surface area contributed by atoms with Crippen molar-refractivity contribution in [3.63, 3.8) is 0 Å². The van der Waals surface area contributed by atoms with Crippen LogP contribution in [0, 0.1) is 5.92 Å². The highest BCUT2D eigenvalue weighted by Gasteiger charge is 2.23. The summed E-state index contributed by atoms with van der Waals surface area (Å²) in [5.41, 5.74) is 8.23. The number of rotatable bonds is 4. The van der Waals surface area contributed by atoms with Crippen LogP contribution < -0.4 is 11.1 Å². The van der Waals surface area contributed by atoms with Gasteiger partial charge in [0.25, 0.3) is 0 Å². The lowest BCUT2D eigenvalue weighted by Crippen LogP contribution is -2.28. The van der Waals surface area contributed by atoms with Crippen LogP contribution in [0.25, 0.3) is 10.9 Å². The lowest BCUT2D eigenvalue weighted by Gasteiger charge is -2.28. The summed E-state index contributed by atoms with van der Waals surface area (Å²) >= 11 is 0. The molecule has 2 aromatic heterocycles. The third-order valence-corrected chi connectivity index (χ3v) is 5.91. The molecule has 0 radical (unpaired) electrons.